The minimum atomic E-state index is -6.09. The molecule has 0 aliphatic heterocycles. The van der Waals surface area contributed by atoms with Crippen LogP contribution in [-0.2, 0) is 40.0 Å². The molecule has 22 heavy (non-hydrogen) atoms. The number of rotatable bonds is 0. The van der Waals surface area contributed by atoms with Crippen LogP contribution < -0.4 is 30.8 Å². The van der Waals surface area contributed by atoms with Gasteiger partial charge in [0.25, 0.3) is 0 Å². The van der Waals surface area contributed by atoms with E-state index >= 15 is 0 Å². The van der Waals surface area contributed by atoms with E-state index < -0.39 is 31.3 Å². The molecule has 0 bridgehead atoms. The molecular formula is C2H15F6N5O6OsS2+6. The maximum atomic E-state index is 10.7. The summed E-state index contributed by atoms with van der Waals surface area (Å²) in [7, 11) is -12.2. The molecule has 0 aliphatic rings. The van der Waals surface area contributed by atoms with Gasteiger partial charge in [0.15, 0.2) is 20.2 Å². The van der Waals surface area contributed by atoms with Crippen LogP contribution in [0.1, 0.15) is 0 Å². The van der Waals surface area contributed by atoms with Crippen molar-refractivity contribution >= 4 is 20.2 Å². The first kappa shape index (κ1) is 49.5. The first-order valence-electron chi connectivity index (χ1n) is 2.54. The average Bonchev–Trinajstić information content (AvgIpc) is 1.77. The van der Waals surface area contributed by atoms with Gasteiger partial charge in [-0.05, 0) is 0 Å². The molecule has 140 valence electrons. The van der Waals surface area contributed by atoms with Crippen LogP contribution in [0.2, 0.25) is 0 Å². The van der Waals surface area contributed by atoms with Gasteiger partial charge >= 0.3 is 30.8 Å². The van der Waals surface area contributed by atoms with E-state index in [0.717, 1.165) is 0 Å². The monoisotopic (exact) mass is 575 g/mol. The van der Waals surface area contributed by atoms with Crippen molar-refractivity contribution in [1.29, 1.82) is 0 Å². The third kappa shape index (κ3) is 22.1. The summed E-state index contributed by atoms with van der Waals surface area (Å²) in [4.78, 5) is 0. The number of hydrogen-bond acceptors (Lipinski definition) is 11. The molecule has 0 aromatic carbocycles. The number of halogens is 6. The summed E-state index contributed by atoms with van der Waals surface area (Å²) in [5.74, 6) is 0. The van der Waals surface area contributed by atoms with Crippen molar-refractivity contribution in [2.45, 2.75) is 11.0 Å². The average molecular weight is 574 g/mol. The zero-order valence-electron chi connectivity index (χ0n) is 10.4. The van der Waals surface area contributed by atoms with Crippen LogP contribution in [-0.4, -0.2) is 37.0 Å². The second-order valence-electron chi connectivity index (χ2n) is 1.80. The smallest absolute Gasteiger partial charge is 0.741 e. The van der Waals surface area contributed by atoms with Crippen molar-refractivity contribution in [3.05, 3.63) is 0 Å². The summed E-state index contributed by atoms with van der Waals surface area (Å²) >= 11 is 0. The molecule has 11 nitrogen and oxygen atoms in total. The number of alkyl halides is 6. The minimum Gasteiger partial charge on any atom is -0.741 e. The largest absolute Gasteiger partial charge is 8.00 e. The van der Waals surface area contributed by atoms with E-state index in [1.54, 1.807) is 0 Å². The Labute approximate surface area is 134 Å². The van der Waals surface area contributed by atoms with E-state index in [1.165, 1.54) is 0 Å². The molecule has 0 saturated heterocycles. The van der Waals surface area contributed by atoms with Crippen molar-refractivity contribution in [2.24, 2.45) is 0 Å². The third-order valence-electron chi connectivity index (χ3n) is 0.567. The first-order valence-corrected chi connectivity index (χ1v) is 5.36. The van der Waals surface area contributed by atoms with Gasteiger partial charge in [0.2, 0.25) is 0 Å². The third-order valence-corrected chi connectivity index (χ3v) is 1.70. The van der Waals surface area contributed by atoms with Gasteiger partial charge < -0.3 is 39.9 Å². The fourth-order valence-electron chi connectivity index (χ4n) is 0. The summed E-state index contributed by atoms with van der Waals surface area (Å²) in [6, 6.07) is 0. The van der Waals surface area contributed by atoms with Gasteiger partial charge in [-0.1, -0.05) is 0 Å². The normalized spacial score (nSPS) is 10.2. The van der Waals surface area contributed by atoms with Crippen LogP contribution >= 0.6 is 0 Å². The van der Waals surface area contributed by atoms with Crippen molar-refractivity contribution in [2.75, 3.05) is 0 Å². The summed E-state index contributed by atoms with van der Waals surface area (Å²) in [5.41, 5.74) is -11.3. The molecule has 0 heterocycles. The molecule has 0 aliphatic carbocycles. The summed E-state index contributed by atoms with van der Waals surface area (Å²) < 4.78 is 118. The van der Waals surface area contributed by atoms with E-state index in [0.29, 0.717) is 0 Å². The molecule has 20 heteroatoms. The second-order valence-corrected chi connectivity index (χ2v) is 4.54. The summed E-state index contributed by atoms with van der Waals surface area (Å²) in [6.45, 7) is 0. The molecule has 0 aromatic rings. The predicted octanol–water partition coefficient (Wildman–Crippen LogP) is 0.910. The van der Waals surface area contributed by atoms with Crippen molar-refractivity contribution in [1.82, 2.24) is 30.8 Å². The molecular weight excluding hydrogens is 558 g/mol. The van der Waals surface area contributed by atoms with Gasteiger partial charge in [-0.3, -0.25) is 0 Å². The molecule has 0 fully saturated rings. The van der Waals surface area contributed by atoms with Crippen LogP contribution in [0.3, 0.4) is 0 Å². The second kappa shape index (κ2) is 14.4. The molecule has 0 aromatic heterocycles. The fraction of sp³-hybridized carbons (Fsp3) is 1.00. The molecule has 0 spiro atoms. The van der Waals surface area contributed by atoms with Gasteiger partial charge in [-0.2, -0.15) is 26.3 Å². The zero-order valence-corrected chi connectivity index (χ0v) is 14.6. The zero-order chi connectivity index (χ0) is 14.0. The summed E-state index contributed by atoms with van der Waals surface area (Å²) in [5, 5.41) is 0. The van der Waals surface area contributed by atoms with Crippen LogP contribution in [0.25, 0.3) is 0 Å². The molecule has 0 unspecified atom stereocenters. The van der Waals surface area contributed by atoms with Gasteiger partial charge in [0.1, 0.15) is 0 Å². The molecule has 0 amide bonds. The summed E-state index contributed by atoms with van der Waals surface area (Å²) in [6.07, 6.45) is 0. The van der Waals surface area contributed by atoms with Crippen LogP contribution in [0, 0.1) is 0 Å². The standard InChI is InChI=1S/2CHF3O3S.5H3N.Os/c2*2-1(3,4)8(5,6)7;;;;;;/h2*(H,5,6,7);5*1H3;/q;;;;;;;+8/p-2. The van der Waals surface area contributed by atoms with Crippen molar-refractivity contribution in [3.63, 3.8) is 0 Å². The topological polar surface area (TPSA) is 289 Å². The molecule has 0 radical (unpaired) electrons. The fourth-order valence-corrected chi connectivity index (χ4v) is 0. The Morgan fingerprint density at radius 1 is 0.545 bits per heavy atom. The Hall–Kier alpha value is -0.164. The van der Waals surface area contributed by atoms with Gasteiger partial charge in [0, 0.05) is 0 Å². The van der Waals surface area contributed by atoms with Crippen LogP contribution in [0.5, 0.6) is 0 Å². The predicted molar refractivity (Wildman–Crippen MR) is 56.6 cm³/mol. The maximum Gasteiger partial charge on any atom is 8.00 e. The molecule has 0 rings (SSSR count). The van der Waals surface area contributed by atoms with E-state index in [2.05, 4.69) is 0 Å². The SMILES string of the molecule is N.N.N.N.N.O=S(=O)([O-])C(F)(F)F.O=S(=O)([O-])C(F)(F)F.[Os+8]. The minimum absolute atomic E-state index is 0. The Kier molecular flexibility index (Phi) is 32.5. The van der Waals surface area contributed by atoms with E-state index in [4.69, 9.17) is 25.9 Å². The maximum absolute atomic E-state index is 10.7. The molecule has 0 atom stereocenters. The Morgan fingerprint density at radius 3 is 0.591 bits per heavy atom. The quantitative estimate of drug-likeness (QED) is 0.154. The first-order chi connectivity index (χ1) is 6.50. The van der Waals surface area contributed by atoms with Gasteiger partial charge in [-0.25, -0.2) is 16.8 Å². The number of hydrogen-bond donors (Lipinski definition) is 5. The molecule has 0 saturated carbocycles. The Balaban J connectivity index is -0.0000000233. The van der Waals surface area contributed by atoms with Gasteiger partial charge in [-0.15, -0.1) is 0 Å². The Bertz CT molecular complexity index is 391. The van der Waals surface area contributed by atoms with E-state index in [1.807, 2.05) is 0 Å². The van der Waals surface area contributed by atoms with E-state index in [9.17, 15) is 26.3 Å². The van der Waals surface area contributed by atoms with Gasteiger partial charge in [0.05, 0.1) is 0 Å². The van der Waals surface area contributed by atoms with Crippen molar-refractivity contribution in [3.8, 4) is 0 Å². The Morgan fingerprint density at radius 2 is 0.591 bits per heavy atom. The van der Waals surface area contributed by atoms with Crippen molar-refractivity contribution < 1.29 is 72.1 Å². The van der Waals surface area contributed by atoms with Crippen LogP contribution in [0.15, 0.2) is 0 Å². The molecule has 15 N–H and O–H groups in total. The van der Waals surface area contributed by atoms with E-state index in [-0.39, 0.29) is 50.5 Å². The van der Waals surface area contributed by atoms with Crippen LogP contribution in [0.4, 0.5) is 26.3 Å².